The first-order valence-corrected chi connectivity index (χ1v) is 7.07. The van der Waals surface area contributed by atoms with Crippen LogP contribution in [-0.4, -0.2) is 18.1 Å². The van der Waals surface area contributed by atoms with Crippen molar-refractivity contribution in [2.24, 2.45) is 0 Å². The number of hydrogen-bond donors (Lipinski definition) is 2. The van der Waals surface area contributed by atoms with Gasteiger partial charge in [-0.2, -0.15) is 0 Å². The first-order chi connectivity index (χ1) is 8.75. The predicted octanol–water partition coefficient (Wildman–Crippen LogP) is 3.76. The van der Waals surface area contributed by atoms with Crippen LogP contribution in [0.25, 0.3) is 10.9 Å². The Morgan fingerprint density at radius 1 is 1.17 bits per heavy atom. The second kappa shape index (κ2) is 4.77. The molecule has 1 aliphatic rings. The van der Waals surface area contributed by atoms with Gasteiger partial charge in [0.05, 0.1) is 0 Å². The van der Waals surface area contributed by atoms with Crippen LogP contribution in [0.2, 0.25) is 0 Å². The van der Waals surface area contributed by atoms with Gasteiger partial charge >= 0.3 is 0 Å². The number of aromatic amines is 1. The summed E-state index contributed by atoms with van der Waals surface area (Å²) >= 11 is 0. The Kier molecular flexibility index (Phi) is 3.13. The Bertz CT molecular complexity index is 533. The Labute approximate surface area is 109 Å². The molecule has 1 aromatic heterocycles. The van der Waals surface area contributed by atoms with Crippen LogP contribution in [0.5, 0.6) is 0 Å². The van der Waals surface area contributed by atoms with Gasteiger partial charge in [0, 0.05) is 17.1 Å². The minimum absolute atomic E-state index is 0.585. The molecule has 0 aliphatic carbocycles. The van der Waals surface area contributed by atoms with Crippen molar-refractivity contribution in [3.8, 4) is 0 Å². The number of aromatic nitrogens is 1. The molecule has 18 heavy (non-hydrogen) atoms. The van der Waals surface area contributed by atoms with Gasteiger partial charge in [0.15, 0.2) is 0 Å². The van der Waals surface area contributed by atoms with Gasteiger partial charge in [-0.05, 0) is 61.0 Å². The zero-order chi connectivity index (χ0) is 12.5. The van der Waals surface area contributed by atoms with Crippen LogP contribution in [0.1, 0.15) is 49.7 Å². The molecule has 2 heteroatoms. The number of hydrogen-bond acceptors (Lipinski definition) is 1. The molecule has 0 unspecified atom stereocenters. The van der Waals surface area contributed by atoms with Gasteiger partial charge in [-0.15, -0.1) is 0 Å². The van der Waals surface area contributed by atoms with Crippen LogP contribution < -0.4 is 5.32 Å². The van der Waals surface area contributed by atoms with Crippen molar-refractivity contribution in [1.82, 2.24) is 10.3 Å². The molecular formula is C16H22N2. The average molecular weight is 242 g/mol. The molecule has 0 saturated carbocycles. The lowest BCUT2D eigenvalue weighted by Crippen LogP contribution is -2.26. The molecule has 2 heterocycles. The maximum Gasteiger partial charge on any atom is 0.0457 e. The molecule has 1 fully saturated rings. The molecule has 1 saturated heterocycles. The van der Waals surface area contributed by atoms with E-state index in [1.165, 1.54) is 34.9 Å². The second-order valence-corrected chi connectivity index (χ2v) is 5.73. The summed E-state index contributed by atoms with van der Waals surface area (Å²) in [6.07, 6.45) is 4.71. The fourth-order valence-corrected chi connectivity index (χ4v) is 3.05. The van der Waals surface area contributed by atoms with Crippen molar-refractivity contribution >= 4 is 10.9 Å². The summed E-state index contributed by atoms with van der Waals surface area (Å²) in [7, 11) is 0. The molecule has 2 aromatic rings. The number of piperidine rings is 1. The van der Waals surface area contributed by atoms with Crippen LogP contribution in [0.15, 0.2) is 24.4 Å². The van der Waals surface area contributed by atoms with E-state index in [0.717, 1.165) is 19.0 Å². The maximum atomic E-state index is 3.44. The normalized spacial score (nSPS) is 17.7. The molecule has 2 nitrogen and oxygen atoms in total. The molecule has 1 aromatic carbocycles. The molecule has 0 spiro atoms. The highest BCUT2D eigenvalue weighted by atomic mass is 14.9. The van der Waals surface area contributed by atoms with Gasteiger partial charge < -0.3 is 10.3 Å². The Morgan fingerprint density at radius 2 is 1.94 bits per heavy atom. The molecule has 0 bridgehead atoms. The van der Waals surface area contributed by atoms with E-state index in [-0.39, 0.29) is 0 Å². The van der Waals surface area contributed by atoms with Gasteiger partial charge in [0.1, 0.15) is 0 Å². The topological polar surface area (TPSA) is 27.8 Å². The van der Waals surface area contributed by atoms with Gasteiger partial charge in [-0.25, -0.2) is 0 Å². The zero-order valence-corrected chi connectivity index (χ0v) is 11.3. The van der Waals surface area contributed by atoms with E-state index in [2.05, 4.69) is 48.5 Å². The summed E-state index contributed by atoms with van der Waals surface area (Å²) in [6, 6.07) is 6.97. The summed E-state index contributed by atoms with van der Waals surface area (Å²) in [4.78, 5) is 3.39. The Balaban J connectivity index is 2.00. The van der Waals surface area contributed by atoms with E-state index in [9.17, 15) is 0 Å². The minimum Gasteiger partial charge on any atom is -0.361 e. The second-order valence-electron chi connectivity index (χ2n) is 5.73. The maximum absolute atomic E-state index is 3.44. The van der Waals surface area contributed by atoms with Gasteiger partial charge in [0.25, 0.3) is 0 Å². The van der Waals surface area contributed by atoms with E-state index in [4.69, 9.17) is 0 Å². The average Bonchev–Trinajstić information content (AvgIpc) is 2.82. The van der Waals surface area contributed by atoms with Crippen LogP contribution in [-0.2, 0) is 0 Å². The Morgan fingerprint density at radius 3 is 2.67 bits per heavy atom. The highest BCUT2D eigenvalue weighted by Gasteiger charge is 2.16. The van der Waals surface area contributed by atoms with Crippen molar-refractivity contribution in [3.05, 3.63) is 35.5 Å². The SMILES string of the molecule is CC(C)c1c[nH]c2ccc(C3CCNCC3)cc12. The quantitative estimate of drug-likeness (QED) is 0.824. The Hall–Kier alpha value is -1.28. The molecule has 2 N–H and O–H groups in total. The van der Waals surface area contributed by atoms with E-state index >= 15 is 0 Å². The number of H-pyrrole nitrogens is 1. The van der Waals surface area contributed by atoms with Crippen molar-refractivity contribution in [1.29, 1.82) is 0 Å². The van der Waals surface area contributed by atoms with Crippen LogP contribution in [0.3, 0.4) is 0 Å². The van der Waals surface area contributed by atoms with E-state index in [1.54, 1.807) is 0 Å². The smallest absolute Gasteiger partial charge is 0.0457 e. The molecule has 96 valence electrons. The summed E-state index contributed by atoms with van der Waals surface area (Å²) in [6.45, 7) is 6.85. The molecule has 1 aliphatic heterocycles. The fraction of sp³-hybridized carbons (Fsp3) is 0.500. The first kappa shape index (κ1) is 11.8. The molecule has 3 rings (SSSR count). The highest BCUT2D eigenvalue weighted by molar-refractivity contribution is 5.84. The predicted molar refractivity (Wildman–Crippen MR) is 77.2 cm³/mol. The lowest BCUT2D eigenvalue weighted by Gasteiger charge is -2.23. The monoisotopic (exact) mass is 242 g/mol. The lowest BCUT2D eigenvalue weighted by molar-refractivity contribution is 0.460. The minimum atomic E-state index is 0.585. The first-order valence-electron chi connectivity index (χ1n) is 7.07. The van der Waals surface area contributed by atoms with Crippen molar-refractivity contribution in [2.75, 3.05) is 13.1 Å². The fourth-order valence-electron chi connectivity index (χ4n) is 3.05. The third kappa shape index (κ3) is 2.05. The van der Waals surface area contributed by atoms with Gasteiger partial charge in [-0.3, -0.25) is 0 Å². The molecule has 0 atom stereocenters. The van der Waals surface area contributed by atoms with E-state index in [0.29, 0.717) is 5.92 Å². The van der Waals surface area contributed by atoms with Crippen LogP contribution >= 0.6 is 0 Å². The van der Waals surface area contributed by atoms with Gasteiger partial charge in [-0.1, -0.05) is 19.9 Å². The molecular weight excluding hydrogens is 220 g/mol. The van der Waals surface area contributed by atoms with Gasteiger partial charge in [0.2, 0.25) is 0 Å². The van der Waals surface area contributed by atoms with Crippen LogP contribution in [0.4, 0.5) is 0 Å². The number of rotatable bonds is 2. The van der Waals surface area contributed by atoms with Crippen LogP contribution in [0, 0.1) is 0 Å². The third-order valence-electron chi connectivity index (χ3n) is 4.17. The van der Waals surface area contributed by atoms with Crippen molar-refractivity contribution in [2.45, 2.75) is 38.5 Å². The molecule has 0 amide bonds. The summed E-state index contributed by atoms with van der Waals surface area (Å²) < 4.78 is 0. The highest BCUT2D eigenvalue weighted by Crippen LogP contribution is 2.31. The van der Waals surface area contributed by atoms with E-state index in [1.807, 2.05) is 0 Å². The van der Waals surface area contributed by atoms with Crippen molar-refractivity contribution < 1.29 is 0 Å². The third-order valence-corrected chi connectivity index (χ3v) is 4.17. The number of benzene rings is 1. The standard InChI is InChI=1S/C16H22N2/c1-11(2)15-10-18-16-4-3-13(9-14(15)16)12-5-7-17-8-6-12/h3-4,9-12,17-18H,5-8H2,1-2H3. The molecule has 0 radical (unpaired) electrons. The number of nitrogens with one attached hydrogen (secondary N) is 2. The number of fused-ring (bicyclic) bond motifs is 1. The summed E-state index contributed by atoms with van der Waals surface area (Å²) in [5, 5.41) is 4.86. The lowest BCUT2D eigenvalue weighted by atomic mass is 9.89. The van der Waals surface area contributed by atoms with E-state index < -0.39 is 0 Å². The summed E-state index contributed by atoms with van der Waals surface area (Å²) in [5.74, 6) is 1.33. The summed E-state index contributed by atoms with van der Waals surface area (Å²) in [5.41, 5.74) is 4.24. The largest absolute Gasteiger partial charge is 0.361 e. The zero-order valence-electron chi connectivity index (χ0n) is 11.3. The van der Waals surface area contributed by atoms with Crippen molar-refractivity contribution in [3.63, 3.8) is 0 Å².